The van der Waals surface area contributed by atoms with Crippen LogP contribution in [0.1, 0.15) is 25.1 Å². The standard InChI is InChI=1S/C9H13N3O2/c1-9(2,14)8(13)12-4-6-3-10-11-7(6)5-12/h3,14H,4-5H2,1-2H3,(H,10,11). The maximum absolute atomic E-state index is 11.7. The molecule has 5 nitrogen and oxygen atoms in total. The summed E-state index contributed by atoms with van der Waals surface area (Å²) in [5.74, 6) is -0.248. The van der Waals surface area contributed by atoms with Crippen molar-refractivity contribution in [2.75, 3.05) is 0 Å². The van der Waals surface area contributed by atoms with Crippen LogP contribution in [0.2, 0.25) is 0 Å². The molecule has 14 heavy (non-hydrogen) atoms. The predicted octanol–water partition coefficient (Wildman–Crippen LogP) is 0.0228. The Bertz CT molecular complexity index is 344. The molecule has 0 aliphatic carbocycles. The zero-order valence-electron chi connectivity index (χ0n) is 8.24. The molecular weight excluding hydrogens is 182 g/mol. The van der Waals surface area contributed by atoms with Gasteiger partial charge >= 0.3 is 0 Å². The highest BCUT2D eigenvalue weighted by atomic mass is 16.3. The summed E-state index contributed by atoms with van der Waals surface area (Å²) in [6.07, 6.45) is 1.72. The highest BCUT2D eigenvalue weighted by molar-refractivity contribution is 5.84. The Labute approximate surface area is 81.7 Å². The first-order valence-electron chi connectivity index (χ1n) is 4.51. The SMILES string of the molecule is CC(C)(O)C(=O)N1Cc2cn[nH]c2C1. The van der Waals surface area contributed by atoms with Crippen LogP contribution in [0.4, 0.5) is 0 Å². The lowest BCUT2D eigenvalue weighted by Crippen LogP contribution is -2.42. The van der Waals surface area contributed by atoms with Gasteiger partial charge in [-0.3, -0.25) is 9.89 Å². The summed E-state index contributed by atoms with van der Waals surface area (Å²) in [5.41, 5.74) is 0.696. The Morgan fingerprint density at radius 2 is 2.36 bits per heavy atom. The van der Waals surface area contributed by atoms with E-state index < -0.39 is 5.60 Å². The quantitative estimate of drug-likeness (QED) is 0.664. The van der Waals surface area contributed by atoms with E-state index in [1.807, 2.05) is 0 Å². The molecule has 5 heteroatoms. The maximum atomic E-state index is 11.7. The van der Waals surface area contributed by atoms with Gasteiger partial charge in [-0.2, -0.15) is 5.10 Å². The molecular formula is C9H13N3O2. The highest BCUT2D eigenvalue weighted by Crippen LogP contribution is 2.22. The van der Waals surface area contributed by atoms with Crippen molar-refractivity contribution >= 4 is 5.91 Å². The number of H-pyrrole nitrogens is 1. The van der Waals surface area contributed by atoms with E-state index >= 15 is 0 Å². The molecule has 0 spiro atoms. The van der Waals surface area contributed by atoms with Crippen molar-refractivity contribution in [2.45, 2.75) is 32.5 Å². The first kappa shape index (κ1) is 9.21. The fourth-order valence-corrected chi connectivity index (χ4v) is 1.59. The van der Waals surface area contributed by atoms with Crippen LogP contribution < -0.4 is 0 Å². The van der Waals surface area contributed by atoms with Gasteiger partial charge in [0, 0.05) is 12.1 Å². The van der Waals surface area contributed by atoms with Crippen molar-refractivity contribution in [1.29, 1.82) is 0 Å². The topological polar surface area (TPSA) is 69.2 Å². The first-order valence-corrected chi connectivity index (χ1v) is 4.51. The van der Waals surface area contributed by atoms with Crippen LogP contribution in [-0.2, 0) is 17.9 Å². The van der Waals surface area contributed by atoms with Gasteiger partial charge in [-0.15, -0.1) is 0 Å². The number of amides is 1. The van der Waals surface area contributed by atoms with Crippen LogP contribution >= 0.6 is 0 Å². The molecule has 1 aliphatic rings. The molecule has 0 fully saturated rings. The van der Waals surface area contributed by atoms with E-state index in [-0.39, 0.29) is 5.91 Å². The van der Waals surface area contributed by atoms with Crippen molar-refractivity contribution in [3.8, 4) is 0 Å². The van der Waals surface area contributed by atoms with Gasteiger partial charge in [0.25, 0.3) is 5.91 Å². The molecule has 2 N–H and O–H groups in total. The lowest BCUT2D eigenvalue weighted by Gasteiger charge is -2.24. The number of rotatable bonds is 1. The number of aliphatic hydroxyl groups is 1. The number of hydrogen-bond donors (Lipinski definition) is 2. The van der Waals surface area contributed by atoms with Crippen molar-refractivity contribution in [2.24, 2.45) is 0 Å². The van der Waals surface area contributed by atoms with Crippen molar-refractivity contribution in [3.05, 3.63) is 17.5 Å². The minimum absolute atomic E-state index is 0.248. The van der Waals surface area contributed by atoms with E-state index in [9.17, 15) is 9.90 Å². The number of fused-ring (bicyclic) bond motifs is 1. The van der Waals surface area contributed by atoms with Crippen molar-refractivity contribution < 1.29 is 9.90 Å². The third-order valence-corrected chi connectivity index (χ3v) is 2.33. The van der Waals surface area contributed by atoms with Crippen LogP contribution in [0.25, 0.3) is 0 Å². The van der Waals surface area contributed by atoms with Gasteiger partial charge in [-0.05, 0) is 13.8 Å². The Morgan fingerprint density at radius 1 is 1.64 bits per heavy atom. The largest absolute Gasteiger partial charge is 0.381 e. The van der Waals surface area contributed by atoms with Gasteiger partial charge in [0.1, 0.15) is 5.60 Å². The highest BCUT2D eigenvalue weighted by Gasteiger charge is 2.33. The van der Waals surface area contributed by atoms with Crippen LogP contribution in [0, 0.1) is 0 Å². The van der Waals surface area contributed by atoms with Crippen molar-refractivity contribution in [3.63, 3.8) is 0 Å². The lowest BCUT2D eigenvalue weighted by atomic mass is 10.1. The van der Waals surface area contributed by atoms with Gasteiger partial charge in [-0.25, -0.2) is 0 Å². The van der Waals surface area contributed by atoms with Crippen molar-refractivity contribution in [1.82, 2.24) is 15.1 Å². The van der Waals surface area contributed by atoms with E-state index in [2.05, 4.69) is 10.2 Å². The number of nitrogens with zero attached hydrogens (tertiary/aromatic N) is 2. The summed E-state index contributed by atoms with van der Waals surface area (Å²) in [6.45, 7) is 4.05. The molecule has 1 aromatic heterocycles. The van der Waals surface area contributed by atoms with Gasteiger partial charge in [0.2, 0.25) is 0 Å². The fraction of sp³-hybridized carbons (Fsp3) is 0.556. The number of nitrogens with one attached hydrogen (secondary N) is 1. The minimum Gasteiger partial charge on any atom is -0.381 e. The number of aromatic nitrogens is 2. The van der Waals surface area contributed by atoms with Gasteiger partial charge in [-0.1, -0.05) is 0 Å². The zero-order chi connectivity index (χ0) is 10.3. The Hall–Kier alpha value is -1.36. The van der Waals surface area contributed by atoms with E-state index in [0.29, 0.717) is 13.1 Å². The molecule has 76 valence electrons. The Morgan fingerprint density at radius 3 is 2.93 bits per heavy atom. The number of aromatic amines is 1. The molecule has 0 saturated carbocycles. The summed E-state index contributed by atoms with van der Waals surface area (Å²) in [4.78, 5) is 13.3. The Balaban J connectivity index is 2.12. The molecule has 1 amide bonds. The average Bonchev–Trinajstić information content (AvgIpc) is 2.58. The van der Waals surface area contributed by atoms with Gasteiger partial charge < -0.3 is 10.0 Å². The molecule has 0 unspecified atom stereocenters. The second-order valence-corrected chi connectivity index (χ2v) is 4.09. The number of carbonyl (C=O) groups excluding carboxylic acids is 1. The molecule has 2 rings (SSSR count). The zero-order valence-corrected chi connectivity index (χ0v) is 8.24. The second-order valence-electron chi connectivity index (χ2n) is 4.09. The normalized spacial score (nSPS) is 15.8. The Kier molecular flexibility index (Phi) is 1.85. The molecule has 0 bridgehead atoms. The summed E-state index contributed by atoms with van der Waals surface area (Å²) >= 11 is 0. The third kappa shape index (κ3) is 1.39. The van der Waals surface area contributed by atoms with E-state index in [1.165, 1.54) is 13.8 Å². The molecule has 0 atom stereocenters. The monoisotopic (exact) mass is 195 g/mol. The van der Waals surface area contributed by atoms with Crippen LogP contribution in [-0.4, -0.2) is 31.7 Å². The minimum atomic E-state index is -1.29. The lowest BCUT2D eigenvalue weighted by molar-refractivity contribution is -0.148. The summed E-state index contributed by atoms with van der Waals surface area (Å²) < 4.78 is 0. The van der Waals surface area contributed by atoms with Gasteiger partial charge in [0.05, 0.1) is 18.4 Å². The van der Waals surface area contributed by atoms with E-state index in [0.717, 1.165) is 11.3 Å². The first-order chi connectivity index (χ1) is 6.48. The molecule has 0 aromatic carbocycles. The third-order valence-electron chi connectivity index (χ3n) is 2.33. The summed E-state index contributed by atoms with van der Waals surface area (Å²) in [5, 5.41) is 16.2. The predicted molar refractivity (Wildman–Crippen MR) is 49.1 cm³/mol. The maximum Gasteiger partial charge on any atom is 0.254 e. The summed E-state index contributed by atoms with van der Waals surface area (Å²) in [7, 11) is 0. The molecule has 0 radical (unpaired) electrons. The summed E-state index contributed by atoms with van der Waals surface area (Å²) in [6, 6.07) is 0. The van der Waals surface area contributed by atoms with Crippen LogP contribution in [0.15, 0.2) is 6.20 Å². The number of carbonyl (C=O) groups is 1. The van der Waals surface area contributed by atoms with Crippen LogP contribution in [0.3, 0.4) is 0 Å². The average molecular weight is 195 g/mol. The molecule has 2 heterocycles. The smallest absolute Gasteiger partial charge is 0.254 e. The second kappa shape index (κ2) is 2.81. The molecule has 0 saturated heterocycles. The number of hydrogen-bond acceptors (Lipinski definition) is 3. The molecule has 1 aliphatic heterocycles. The van der Waals surface area contributed by atoms with E-state index in [1.54, 1.807) is 11.1 Å². The van der Waals surface area contributed by atoms with E-state index in [4.69, 9.17) is 0 Å². The molecule has 1 aromatic rings. The van der Waals surface area contributed by atoms with Gasteiger partial charge in [0.15, 0.2) is 0 Å². The fourth-order valence-electron chi connectivity index (χ4n) is 1.59. The van der Waals surface area contributed by atoms with Crippen LogP contribution in [0.5, 0.6) is 0 Å².